The number of hydrogen-bond donors (Lipinski definition) is 0. The third kappa shape index (κ3) is 1.66. The molecule has 0 atom stereocenters. The van der Waals surface area contributed by atoms with Crippen LogP contribution in [0.25, 0.3) is 0 Å². The van der Waals surface area contributed by atoms with Crippen molar-refractivity contribution in [3.8, 4) is 11.8 Å². The van der Waals surface area contributed by atoms with Crippen molar-refractivity contribution in [1.29, 1.82) is 0 Å². The second-order valence-corrected chi connectivity index (χ2v) is 3.49. The largest absolute Gasteiger partial charge is 0.135 e. The fourth-order valence-electron chi connectivity index (χ4n) is 1.03. The summed E-state index contributed by atoms with van der Waals surface area (Å²) < 4.78 is 0. The lowest BCUT2D eigenvalue weighted by Crippen LogP contribution is -1.80. The summed E-state index contributed by atoms with van der Waals surface area (Å²) in [6.45, 7) is 0. The maximum Gasteiger partial charge on any atom is 0.0768 e. The Balaban J connectivity index is 2.10. The Hall–Kier alpha value is -1.26. The minimum atomic E-state index is 0.326. The molecule has 1 heteroatoms. The topological polar surface area (TPSA) is 0 Å². The van der Waals surface area contributed by atoms with E-state index in [1.807, 2.05) is 29.7 Å². The molecule has 58 valence electrons. The van der Waals surface area contributed by atoms with Crippen molar-refractivity contribution in [3.63, 3.8) is 0 Å². The van der Waals surface area contributed by atoms with Gasteiger partial charge in [-0.15, -0.1) is 11.3 Å². The lowest BCUT2D eigenvalue weighted by atomic mass is 10.2. The molecular formula is C11H8S. The molecule has 1 aromatic heterocycles. The van der Waals surface area contributed by atoms with Crippen LogP contribution in [0.15, 0.2) is 41.8 Å². The highest BCUT2D eigenvalue weighted by Crippen LogP contribution is 2.09. The Morgan fingerprint density at radius 1 is 1.25 bits per heavy atom. The molecule has 1 aliphatic rings. The van der Waals surface area contributed by atoms with Gasteiger partial charge in [-0.1, -0.05) is 42.2 Å². The van der Waals surface area contributed by atoms with Crippen molar-refractivity contribution in [3.05, 3.63) is 46.7 Å². The van der Waals surface area contributed by atoms with E-state index in [1.165, 1.54) is 0 Å². The molecule has 2 rings (SSSR count). The fraction of sp³-hybridized carbons (Fsp3) is 0.0909. The standard InChI is InChI=1S/C11H8S/c1-2-5-10(4-1)7-8-11-6-3-9-12-11/h1-6,9-10H. The minimum absolute atomic E-state index is 0.326. The second-order valence-electron chi connectivity index (χ2n) is 2.54. The van der Waals surface area contributed by atoms with Gasteiger partial charge in [0.2, 0.25) is 0 Å². The van der Waals surface area contributed by atoms with E-state index in [2.05, 4.69) is 24.0 Å². The molecule has 0 aromatic carbocycles. The molecule has 0 nitrogen and oxygen atoms in total. The van der Waals surface area contributed by atoms with E-state index in [9.17, 15) is 0 Å². The van der Waals surface area contributed by atoms with Gasteiger partial charge >= 0.3 is 0 Å². The first kappa shape index (κ1) is 7.39. The fourth-order valence-corrected chi connectivity index (χ4v) is 1.61. The average molecular weight is 172 g/mol. The number of allylic oxidation sites excluding steroid dienone is 4. The van der Waals surface area contributed by atoms with Crippen LogP contribution in [-0.4, -0.2) is 0 Å². The van der Waals surface area contributed by atoms with E-state index in [-0.39, 0.29) is 0 Å². The van der Waals surface area contributed by atoms with E-state index in [0.29, 0.717) is 5.92 Å². The van der Waals surface area contributed by atoms with Crippen LogP contribution >= 0.6 is 11.3 Å². The van der Waals surface area contributed by atoms with E-state index in [4.69, 9.17) is 0 Å². The average Bonchev–Trinajstić information content (AvgIpc) is 2.74. The molecule has 0 saturated carbocycles. The van der Waals surface area contributed by atoms with E-state index in [1.54, 1.807) is 11.3 Å². The maximum atomic E-state index is 3.17. The molecule has 0 N–H and O–H groups in total. The van der Waals surface area contributed by atoms with Gasteiger partial charge < -0.3 is 0 Å². The molecule has 0 amide bonds. The summed E-state index contributed by atoms with van der Waals surface area (Å²) in [5, 5.41) is 2.05. The molecule has 1 heterocycles. The van der Waals surface area contributed by atoms with E-state index in [0.717, 1.165) is 4.88 Å². The molecule has 0 radical (unpaired) electrons. The lowest BCUT2D eigenvalue weighted by molar-refractivity contribution is 1.15. The summed E-state index contributed by atoms with van der Waals surface area (Å²) in [5.41, 5.74) is 0. The van der Waals surface area contributed by atoms with Crippen LogP contribution in [0.2, 0.25) is 0 Å². The van der Waals surface area contributed by atoms with Gasteiger partial charge in [-0.2, -0.15) is 0 Å². The van der Waals surface area contributed by atoms with Crippen molar-refractivity contribution >= 4 is 11.3 Å². The monoisotopic (exact) mass is 172 g/mol. The highest BCUT2D eigenvalue weighted by atomic mass is 32.1. The molecular weight excluding hydrogens is 164 g/mol. The Bertz CT molecular complexity index is 345. The SMILES string of the molecule is C(#CC1C=CC=C1)c1cccs1. The highest BCUT2D eigenvalue weighted by molar-refractivity contribution is 7.10. The van der Waals surface area contributed by atoms with Crippen LogP contribution in [0.1, 0.15) is 4.88 Å². The first-order valence-corrected chi connectivity index (χ1v) is 4.73. The van der Waals surface area contributed by atoms with Crippen LogP contribution in [0.4, 0.5) is 0 Å². The Morgan fingerprint density at radius 2 is 2.08 bits per heavy atom. The highest BCUT2D eigenvalue weighted by Gasteiger charge is 1.96. The third-order valence-corrected chi connectivity index (χ3v) is 2.42. The Labute approximate surface area is 76.2 Å². The van der Waals surface area contributed by atoms with Crippen molar-refractivity contribution in [2.75, 3.05) is 0 Å². The maximum absolute atomic E-state index is 3.17. The van der Waals surface area contributed by atoms with Crippen molar-refractivity contribution < 1.29 is 0 Å². The molecule has 12 heavy (non-hydrogen) atoms. The van der Waals surface area contributed by atoms with Crippen LogP contribution in [0.3, 0.4) is 0 Å². The lowest BCUT2D eigenvalue weighted by Gasteiger charge is -1.87. The molecule has 1 aromatic rings. The molecule has 0 bridgehead atoms. The quantitative estimate of drug-likeness (QED) is 0.528. The zero-order valence-corrected chi connectivity index (χ0v) is 7.34. The van der Waals surface area contributed by atoms with Gasteiger partial charge in [-0.25, -0.2) is 0 Å². The van der Waals surface area contributed by atoms with Crippen molar-refractivity contribution in [2.24, 2.45) is 5.92 Å². The van der Waals surface area contributed by atoms with Gasteiger partial charge in [-0.3, -0.25) is 0 Å². The Morgan fingerprint density at radius 3 is 2.75 bits per heavy atom. The zero-order chi connectivity index (χ0) is 8.23. The normalized spacial score (nSPS) is 14.7. The number of rotatable bonds is 0. The first-order valence-electron chi connectivity index (χ1n) is 3.85. The van der Waals surface area contributed by atoms with Crippen LogP contribution in [0, 0.1) is 17.8 Å². The van der Waals surface area contributed by atoms with Crippen LogP contribution in [0.5, 0.6) is 0 Å². The van der Waals surface area contributed by atoms with Crippen LogP contribution < -0.4 is 0 Å². The van der Waals surface area contributed by atoms with E-state index < -0.39 is 0 Å². The van der Waals surface area contributed by atoms with Gasteiger partial charge in [0.25, 0.3) is 0 Å². The minimum Gasteiger partial charge on any atom is -0.135 e. The second kappa shape index (κ2) is 3.42. The third-order valence-electron chi connectivity index (χ3n) is 1.63. The predicted molar refractivity (Wildman–Crippen MR) is 53.0 cm³/mol. The molecule has 0 fully saturated rings. The molecule has 0 aliphatic heterocycles. The Kier molecular flexibility index (Phi) is 2.11. The zero-order valence-electron chi connectivity index (χ0n) is 6.53. The predicted octanol–water partition coefficient (Wildman–Crippen LogP) is 2.84. The number of thiophene rings is 1. The van der Waals surface area contributed by atoms with Gasteiger partial charge in [-0.05, 0) is 11.4 Å². The van der Waals surface area contributed by atoms with Crippen molar-refractivity contribution in [1.82, 2.24) is 0 Å². The summed E-state index contributed by atoms with van der Waals surface area (Å²) in [6.07, 6.45) is 8.27. The van der Waals surface area contributed by atoms with Crippen molar-refractivity contribution in [2.45, 2.75) is 0 Å². The smallest absolute Gasteiger partial charge is 0.0768 e. The summed E-state index contributed by atoms with van der Waals surface area (Å²) in [7, 11) is 0. The van der Waals surface area contributed by atoms with Crippen LogP contribution in [-0.2, 0) is 0 Å². The van der Waals surface area contributed by atoms with Gasteiger partial charge in [0, 0.05) is 0 Å². The summed E-state index contributed by atoms with van der Waals surface area (Å²) in [6, 6.07) is 4.06. The molecule has 0 unspecified atom stereocenters. The molecule has 1 aliphatic carbocycles. The molecule has 0 saturated heterocycles. The van der Waals surface area contributed by atoms with Gasteiger partial charge in [0.15, 0.2) is 0 Å². The number of hydrogen-bond acceptors (Lipinski definition) is 1. The summed E-state index contributed by atoms with van der Waals surface area (Å²) >= 11 is 1.68. The first-order chi connectivity index (χ1) is 5.95. The summed E-state index contributed by atoms with van der Waals surface area (Å²) in [5.74, 6) is 6.63. The van der Waals surface area contributed by atoms with Gasteiger partial charge in [0.1, 0.15) is 0 Å². The summed E-state index contributed by atoms with van der Waals surface area (Å²) in [4.78, 5) is 1.14. The van der Waals surface area contributed by atoms with Gasteiger partial charge in [0.05, 0.1) is 10.8 Å². The van der Waals surface area contributed by atoms with E-state index >= 15 is 0 Å². The molecule has 0 spiro atoms.